The average Bonchev–Trinajstić information content (AvgIpc) is 2.52. The highest BCUT2D eigenvalue weighted by Crippen LogP contribution is 2.30. The van der Waals surface area contributed by atoms with Crippen molar-refractivity contribution in [2.24, 2.45) is 0 Å². The minimum atomic E-state index is 0.688. The van der Waals surface area contributed by atoms with Gasteiger partial charge in [0.05, 0.1) is 0 Å². The predicted octanol–water partition coefficient (Wildman–Crippen LogP) is 5.03. The smallest absolute Gasteiger partial charge is 0.0435 e. The van der Waals surface area contributed by atoms with Gasteiger partial charge in [-0.3, -0.25) is 4.90 Å². The Morgan fingerprint density at radius 2 is 1.76 bits per heavy atom. The first kappa shape index (κ1) is 14.6. The van der Waals surface area contributed by atoms with E-state index in [4.69, 9.17) is 11.6 Å². The fraction of sp³-hybridized carbons (Fsp3) is 0.368. The lowest BCUT2D eigenvalue weighted by atomic mass is 9.88. The van der Waals surface area contributed by atoms with Gasteiger partial charge in [0, 0.05) is 11.6 Å². The van der Waals surface area contributed by atoms with Gasteiger partial charge in [0.25, 0.3) is 0 Å². The van der Waals surface area contributed by atoms with Gasteiger partial charge in [0.1, 0.15) is 0 Å². The largest absolute Gasteiger partial charge is 0.299 e. The van der Waals surface area contributed by atoms with E-state index in [0.717, 1.165) is 11.6 Å². The van der Waals surface area contributed by atoms with Crippen molar-refractivity contribution in [3.05, 3.63) is 70.2 Å². The van der Waals surface area contributed by atoms with Crippen LogP contribution in [0, 0.1) is 6.92 Å². The van der Waals surface area contributed by atoms with Crippen molar-refractivity contribution in [3.63, 3.8) is 0 Å². The molecule has 1 saturated heterocycles. The number of halogens is 1. The molecule has 110 valence electrons. The first-order valence-electron chi connectivity index (χ1n) is 7.75. The molecule has 1 nitrogen and oxygen atoms in total. The molecule has 0 radical (unpaired) electrons. The fourth-order valence-electron chi connectivity index (χ4n) is 3.19. The molecule has 3 rings (SSSR count). The molecule has 0 amide bonds. The number of likely N-dealkylation sites (tertiary alicyclic amines) is 1. The summed E-state index contributed by atoms with van der Waals surface area (Å²) in [6.07, 6.45) is 2.49. The molecule has 1 fully saturated rings. The number of piperidine rings is 1. The van der Waals surface area contributed by atoms with Crippen LogP contribution >= 0.6 is 11.6 Å². The SMILES string of the molecule is Cc1cc(C2CCN(Cc3ccccc3)CC2)ccc1Cl. The number of hydrogen-bond acceptors (Lipinski definition) is 1. The van der Waals surface area contributed by atoms with E-state index in [2.05, 4.69) is 54.3 Å². The Balaban J connectivity index is 1.58. The molecule has 0 spiro atoms. The Morgan fingerprint density at radius 1 is 1.05 bits per heavy atom. The van der Waals surface area contributed by atoms with Gasteiger partial charge in [0.2, 0.25) is 0 Å². The van der Waals surface area contributed by atoms with E-state index in [0.29, 0.717) is 5.92 Å². The van der Waals surface area contributed by atoms with Crippen molar-refractivity contribution >= 4 is 11.6 Å². The first-order chi connectivity index (χ1) is 10.2. The molecule has 0 bridgehead atoms. The van der Waals surface area contributed by atoms with Crippen LogP contribution in [0.1, 0.15) is 35.4 Å². The summed E-state index contributed by atoms with van der Waals surface area (Å²) in [7, 11) is 0. The first-order valence-corrected chi connectivity index (χ1v) is 8.12. The summed E-state index contributed by atoms with van der Waals surface area (Å²) in [4.78, 5) is 2.56. The molecule has 0 saturated carbocycles. The van der Waals surface area contributed by atoms with Crippen LogP contribution in [0.2, 0.25) is 5.02 Å². The lowest BCUT2D eigenvalue weighted by molar-refractivity contribution is 0.204. The van der Waals surface area contributed by atoms with Gasteiger partial charge in [-0.1, -0.05) is 54.1 Å². The van der Waals surface area contributed by atoms with E-state index < -0.39 is 0 Å². The van der Waals surface area contributed by atoms with Crippen LogP contribution in [0.5, 0.6) is 0 Å². The lowest BCUT2D eigenvalue weighted by Crippen LogP contribution is -2.32. The molecular weight excluding hydrogens is 278 g/mol. The molecular formula is C19H22ClN. The van der Waals surface area contributed by atoms with E-state index in [9.17, 15) is 0 Å². The summed E-state index contributed by atoms with van der Waals surface area (Å²) in [6.45, 7) is 5.53. The van der Waals surface area contributed by atoms with Gasteiger partial charge < -0.3 is 0 Å². The Kier molecular flexibility index (Phi) is 4.62. The lowest BCUT2D eigenvalue weighted by Gasteiger charge is -2.32. The van der Waals surface area contributed by atoms with Crippen LogP contribution in [-0.4, -0.2) is 18.0 Å². The van der Waals surface area contributed by atoms with Crippen LogP contribution in [0.4, 0.5) is 0 Å². The Hall–Kier alpha value is -1.31. The molecule has 2 aromatic carbocycles. The van der Waals surface area contributed by atoms with E-state index >= 15 is 0 Å². The Bertz CT molecular complexity index is 586. The zero-order valence-electron chi connectivity index (χ0n) is 12.6. The molecule has 1 heterocycles. The number of hydrogen-bond donors (Lipinski definition) is 0. The number of benzene rings is 2. The summed E-state index contributed by atoms with van der Waals surface area (Å²) in [5.41, 5.74) is 4.07. The van der Waals surface area contributed by atoms with E-state index in [1.54, 1.807) is 0 Å². The average molecular weight is 300 g/mol. The summed E-state index contributed by atoms with van der Waals surface area (Å²) < 4.78 is 0. The maximum absolute atomic E-state index is 6.12. The van der Waals surface area contributed by atoms with E-state index in [-0.39, 0.29) is 0 Å². The van der Waals surface area contributed by atoms with Gasteiger partial charge in [-0.25, -0.2) is 0 Å². The Labute approximate surface area is 132 Å². The highest BCUT2D eigenvalue weighted by molar-refractivity contribution is 6.31. The van der Waals surface area contributed by atoms with E-state index in [1.807, 2.05) is 6.07 Å². The third kappa shape index (κ3) is 3.66. The summed E-state index contributed by atoms with van der Waals surface area (Å²) >= 11 is 6.12. The van der Waals surface area contributed by atoms with Crippen LogP contribution in [0.3, 0.4) is 0 Å². The predicted molar refractivity (Wildman–Crippen MR) is 89.9 cm³/mol. The van der Waals surface area contributed by atoms with Gasteiger partial charge in [-0.15, -0.1) is 0 Å². The minimum absolute atomic E-state index is 0.688. The molecule has 1 aliphatic heterocycles. The topological polar surface area (TPSA) is 3.24 Å². The van der Waals surface area contributed by atoms with Crippen LogP contribution in [0.15, 0.2) is 48.5 Å². The quantitative estimate of drug-likeness (QED) is 0.768. The van der Waals surface area contributed by atoms with Crippen LogP contribution < -0.4 is 0 Å². The zero-order valence-corrected chi connectivity index (χ0v) is 13.3. The minimum Gasteiger partial charge on any atom is -0.299 e. The van der Waals surface area contributed by atoms with Crippen molar-refractivity contribution < 1.29 is 0 Å². The summed E-state index contributed by atoms with van der Waals surface area (Å²) in [5, 5.41) is 0.875. The van der Waals surface area contributed by atoms with Crippen LogP contribution in [0.25, 0.3) is 0 Å². The zero-order chi connectivity index (χ0) is 14.7. The molecule has 21 heavy (non-hydrogen) atoms. The molecule has 0 atom stereocenters. The summed E-state index contributed by atoms with van der Waals surface area (Å²) in [6, 6.07) is 17.3. The molecule has 0 aliphatic carbocycles. The second kappa shape index (κ2) is 6.64. The third-order valence-corrected chi connectivity index (χ3v) is 4.91. The van der Waals surface area contributed by atoms with Crippen molar-refractivity contribution in [2.45, 2.75) is 32.2 Å². The van der Waals surface area contributed by atoms with Gasteiger partial charge in [-0.2, -0.15) is 0 Å². The maximum atomic E-state index is 6.12. The highest BCUT2D eigenvalue weighted by atomic mass is 35.5. The highest BCUT2D eigenvalue weighted by Gasteiger charge is 2.20. The van der Waals surface area contributed by atoms with E-state index in [1.165, 1.54) is 42.6 Å². The van der Waals surface area contributed by atoms with Gasteiger partial charge in [-0.05, 0) is 61.5 Å². The molecule has 0 unspecified atom stereocenters. The molecule has 0 aromatic heterocycles. The fourth-order valence-corrected chi connectivity index (χ4v) is 3.31. The molecule has 0 N–H and O–H groups in total. The second-order valence-corrected chi connectivity index (χ2v) is 6.45. The summed E-state index contributed by atoms with van der Waals surface area (Å²) in [5.74, 6) is 0.688. The number of rotatable bonds is 3. The van der Waals surface area contributed by atoms with Crippen molar-refractivity contribution in [2.75, 3.05) is 13.1 Å². The standard InChI is InChI=1S/C19H22ClN/c1-15-13-18(7-8-19(15)20)17-9-11-21(12-10-17)14-16-5-3-2-4-6-16/h2-8,13,17H,9-12,14H2,1H3. The van der Waals surface area contributed by atoms with Gasteiger partial charge in [0.15, 0.2) is 0 Å². The molecule has 1 aliphatic rings. The van der Waals surface area contributed by atoms with Crippen molar-refractivity contribution in [3.8, 4) is 0 Å². The second-order valence-electron chi connectivity index (χ2n) is 6.04. The molecule has 2 heteroatoms. The normalized spacial score (nSPS) is 17.0. The number of aryl methyl sites for hydroxylation is 1. The van der Waals surface area contributed by atoms with Gasteiger partial charge >= 0.3 is 0 Å². The van der Waals surface area contributed by atoms with Crippen molar-refractivity contribution in [1.82, 2.24) is 4.90 Å². The molecule has 2 aromatic rings. The Morgan fingerprint density at radius 3 is 2.43 bits per heavy atom. The van der Waals surface area contributed by atoms with Crippen molar-refractivity contribution in [1.29, 1.82) is 0 Å². The third-order valence-electron chi connectivity index (χ3n) is 4.49. The maximum Gasteiger partial charge on any atom is 0.0435 e. The monoisotopic (exact) mass is 299 g/mol. The number of nitrogens with zero attached hydrogens (tertiary/aromatic N) is 1. The van der Waals surface area contributed by atoms with Crippen LogP contribution in [-0.2, 0) is 6.54 Å².